The Hall–Kier alpha value is -2.43. The summed E-state index contributed by atoms with van der Waals surface area (Å²) in [7, 11) is 1.61. The lowest BCUT2D eigenvalue weighted by Gasteiger charge is -2.07. The monoisotopic (exact) mass is 246 g/mol. The Morgan fingerprint density at radius 1 is 1.33 bits per heavy atom. The average molecular weight is 246 g/mol. The van der Waals surface area contributed by atoms with Crippen molar-refractivity contribution in [3.05, 3.63) is 48.2 Å². The largest absolute Gasteiger partial charge is 0.497 e. The molecular weight excluding hydrogens is 232 g/mol. The van der Waals surface area contributed by atoms with Crippen LogP contribution in [-0.2, 0) is 6.54 Å². The van der Waals surface area contributed by atoms with Crippen molar-refractivity contribution >= 4 is 11.9 Å². The van der Waals surface area contributed by atoms with Crippen molar-refractivity contribution in [1.82, 2.24) is 5.32 Å². The minimum Gasteiger partial charge on any atom is -0.497 e. The third-order valence-corrected chi connectivity index (χ3v) is 2.35. The molecule has 0 aliphatic heterocycles. The van der Waals surface area contributed by atoms with Crippen LogP contribution in [0, 0.1) is 0 Å². The van der Waals surface area contributed by atoms with E-state index in [1.807, 2.05) is 24.3 Å². The van der Waals surface area contributed by atoms with Crippen LogP contribution < -0.4 is 15.4 Å². The molecule has 0 radical (unpaired) electrons. The predicted octanol–water partition coefficient (Wildman–Crippen LogP) is 2.61. The second-order valence-electron chi connectivity index (χ2n) is 3.64. The first-order valence-corrected chi connectivity index (χ1v) is 5.49. The highest BCUT2D eigenvalue weighted by molar-refractivity contribution is 5.87. The van der Waals surface area contributed by atoms with Crippen LogP contribution in [0.5, 0.6) is 5.75 Å². The number of amides is 2. The number of hydrogen-bond acceptors (Lipinski definition) is 3. The smallest absolute Gasteiger partial charge is 0.321 e. The lowest BCUT2D eigenvalue weighted by molar-refractivity contribution is 0.251. The van der Waals surface area contributed by atoms with E-state index in [2.05, 4.69) is 10.6 Å². The van der Waals surface area contributed by atoms with Crippen LogP contribution in [0.3, 0.4) is 0 Å². The Bertz CT molecular complexity index is 509. The molecule has 1 aromatic heterocycles. The number of carbonyl (C=O) groups is 1. The van der Waals surface area contributed by atoms with Gasteiger partial charge < -0.3 is 14.5 Å². The molecule has 0 unspecified atom stereocenters. The first-order valence-electron chi connectivity index (χ1n) is 5.49. The van der Waals surface area contributed by atoms with Crippen molar-refractivity contribution in [2.45, 2.75) is 6.54 Å². The van der Waals surface area contributed by atoms with Crippen LogP contribution in [0.2, 0.25) is 0 Å². The molecule has 0 atom stereocenters. The van der Waals surface area contributed by atoms with E-state index in [0.29, 0.717) is 12.4 Å². The Morgan fingerprint density at radius 3 is 2.94 bits per heavy atom. The van der Waals surface area contributed by atoms with Gasteiger partial charge in [-0.2, -0.15) is 0 Å². The normalized spacial score (nSPS) is 9.83. The molecular formula is C13H14N2O3. The van der Waals surface area contributed by atoms with Crippen LogP contribution in [0.25, 0.3) is 0 Å². The van der Waals surface area contributed by atoms with Gasteiger partial charge in [-0.25, -0.2) is 4.79 Å². The van der Waals surface area contributed by atoms with E-state index in [0.717, 1.165) is 11.3 Å². The quantitative estimate of drug-likeness (QED) is 0.871. The number of rotatable bonds is 4. The van der Waals surface area contributed by atoms with Crippen molar-refractivity contribution in [2.24, 2.45) is 0 Å². The molecule has 1 heterocycles. The molecule has 0 aliphatic rings. The molecule has 0 saturated heterocycles. The van der Waals surface area contributed by atoms with Gasteiger partial charge in [-0.1, -0.05) is 12.1 Å². The number of hydrogen-bond donors (Lipinski definition) is 2. The summed E-state index contributed by atoms with van der Waals surface area (Å²) in [6.45, 7) is 0.420. The lowest BCUT2D eigenvalue weighted by Crippen LogP contribution is -2.27. The molecule has 2 rings (SSSR count). The van der Waals surface area contributed by atoms with E-state index in [9.17, 15) is 4.79 Å². The average Bonchev–Trinajstić information content (AvgIpc) is 2.89. The van der Waals surface area contributed by atoms with Crippen LogP contribution in [0.4, 0.5) is 10.7 Å². The van der Waals surface area contributed by atoms with Crippen LogP contribution in [0.15, 0.2) is 47.1 Å². The molecule has 0 fully saturated rings. The standard InChI is InChI=1S/C13H14N2O3/c1-17-11-5-2-4-10(8-11)9-14-13(16)15-12-6-3-7-18-12/h2-8H,9H2,1H3,(H2,14,15,16). The summed E-state index contributed by atoms with van der Waals surface area (Å²) in [6, 6.07) is 10.6. The van der Waals surface area contributed by atoms with Gasteiger partial charge in [0.05, 0.1) is 13.4 Å². The number of ether oxygens (including phenoxy) is 1. The molecule has 1 aromatic carbocycles. The maximum absolute atomic E-state index is 11.5. The van der Waals surface area contributed by atoms with Crippen molar-refractivity contribution < 1.29 is 13.9 Å². The highest BCUT2D eigenvalue weighted by Gasteiger charge is 2.03. The summed E-state index contributed by atoms with van der Waals surface area (Å²) in [4.78, 5) is 11.5. The Labute approximate surface area is 105 Å². The number of urea groups is 1. The Morgan fingerprint density at radius 2 is 2.22 bits per heavy atom. The van der Waals surface area contributed by atoms with Gasteiger partial charge in [-0.05, 0) is 23.8 Å². The number of nitrogens with one attached hydrogen (secondary N) is 2. The third kappa shape index (κ3) is 3.28. The second kappa shape index (κ2) is 5.77. The van der Waals surface area contributed by atoms with E-state index >= 15 is 0 Å². The SMILES string of the molecule is COc1cccc(CNC(=O)Nc2ccco2)c1. The van der Waals surface area contributed by atoms with E-state index in [-0.39, 0.29) is 6.03 Å². The van der Waals surface area contributed by atoms with Crippen LogP contribution in [0.1, 0.15) is 5.56 Å². The molecule has 2 amide bonds. The number of methoxy groups -OCH3 is 1. The maximum atomic E-state index is 11.5. The Kier molecular flexibility index (Phi) is 3.86. The van der Waals surface area contributed by atoms with E-state index in [4.69, 9.17) is 9.15 Å². The molecule has 18 heavy (non-hydrogen) atoms. The number of furan rings is 1. The van der Waals surface area contributed by atoms with Gasteiger partial charge >= 0.3 is 6.03 Å². The maximum Gasteiger partial charge on any atom is 0.321 e. The molecule has 0 aliphatic carbocycles. The van der Waals surface area contributed by atoms with E-state index in [1.54, 1.807) is 19.2 Å². The molecule has 2 N–H and O–H groups in total. The fourth-order valence-electron chi connectivity index (χ4n) is 1.47. The van der Waals surface area contributed by atoms with Crippen molar-refractivity contribution in [3.8, 4) is 5.75 Å². The molecule has 0 spiro atoms. The summed E-state index contributed by atoms with van der Waals surface area (Å²) in [5.41, 5.74) is 0.962. The number of anilines is 1. The second-order valence-corrected chi connectivity index (χ2v) is 3.64. The van der Waals surface area contributed by atoms with E-state index < -0.39 is 0 Å². The third-order valence-electron chi connectivity index (χ3n) is 2.35. The van der Waals surface area contributed by atoms with E-state index in [1.165, 1.54) is 6.26 Å². The molecule has 2 aromatic rings. The topological polar surface area (TPSA) is 63.5 Å². The summed E-state index contributed by atoms with van der Waals surface area (Å²) in [5.74, 6) is 1.18. The molecule has 94 valence electrons. The van der Waals surface area contributed by atoms with Crippen molar-refractivity contribution in [3.63, 3.8) is 0 Å². The van der Waals surface area contributed by atoms with Crippen molar-refractivity contribution in [1.29, 1.82) is 0 Å². The summed E-state index contributed by atoms with van der Waals surface area (Å²) < 4.78 is 10.1. The van der Waals surface area contributed by atoms with Gasteiger partial charge in [0.25, 0.3) is 0 Å². The minimum atomic E-state index is -0.312. The fourth-order valence-corrected chi connectivity index (χ4v) is 1.47. The number of carbonyl (C=O) groups excluding carboxylic acids is 1. The first kappa shape index (κ1) is 12.0. The van der Waals surface area contributed by atoms with Gasteiger partial charge in [0.15, 0.2) is 0 Å². The van der Waals surface area contributed by atoms with Crippen LogP contribution >= 0.6 is 0 Å². The zero-order valence-electron chi connectivity index (χ0n) is 9.97. The van der Waals surface area contributed by atoms with Gasteiger partial charge in [0.1, 0.15) is 5.75 Å². The van der Waals surface area contributed by atoms with Gasteiger partial charge in [-0.3, -0.25) is 5.32 Å². The fraction of sp³-hybridized carbons (Fsp3) is 0.154. The number of benzene rings is 1. The molecule has 0 saturated carbocycles. The molecule has 0 bridgehead atoms. The molecule has 5 nitrogen and oxygen atoms in total. The first-order chi connectivity index (χ1) is 8.78. The highest BCUT2D eigenvalue weighted by atomic mass is 16.5. The van der Waals surface area contributed by atoms with Gasteiger partial charge in [0, 0.05) is 12.6 Å². The van der Waals surface area contributed by atoms with Crippen molar-refractivity contribution in [2.75, 3.05) is 12.4 Å². The van der Waals surface area contributed by atoms with Gasteiger partial charge in [-0.15, -0.1) is 0 Å². The van der Waals surface area contributed by atoms with Gasteiger partial charge in [0.2, 0.25) is 5.88 Å². The summed E-state index contributed by atoms with van der Waals surface area (Å²) in [6.07, 6.45) is 1.50. The van der Waals surface area contributed by atoms with Crippen LogP contribution in [-0.4, -0.2) is 13.1 Å². The summed E-state index contributed by atoms with van der Waals surface area (Å²) in [5, 5.41) is 5.30. The summed E-state index contributed by atoms with van der Waals surface area (Å²) >= 11 is 0. The lowest BCUT2D eigenvalue weighted by atomic mass is 10.2. The highest BCUT2D eigenvalue weighted by Crippen LogP contribution is 2.12. The zero-order chi connectivity index (χ0) is 12.8. The minimum absolute atomic E-state index is 0.312. The molecule has 5 heteroatoms. The predicted molar refractivity (Wildman–Crippen MR) is 67.6 cm³/mol. The Balaban J connectivity index is 1.85. The zero-order valence-corrected chi connectivity index (χ0v) is 9.97.